The summed E-state index contributed by atoms with van der Waals surface area (Å²) in [7, 11) is 0.891. The molecule has 0 radical (unpaired) electrons. The summed E-state index contributed by atoms with van der Waals surface area (Å²) in [5.41, 5.74) is 1.82. The molecule has 0 fully saturated rings. The Morgan fingerprint density at radius 3 is 2.32 bits per heavy atom. The van der Waals surface area contributed by atoms with Crippen molar-refractivity contribution in [3.8, 4) is 0 Å². The summed E-state index contributed by atoms with van der Waals surface area (Å²) in [6, 6.07) is -0.0422. The number of carbonyl (C=O) groups is 2. The first-order chi connectivity index (χ1) is 18.1. The summed E-state index contributed by atoms with van der Waals surface area (Å²) in [6.07, 6.45) is 0. The maximum absolute atomic E-state index is 15.0. The number of allylic oxidation sites excluding steroid dienone is 1. The lowest BCUT2D eigenvalue weighted by molar-refractivity contribution is -0.139. The van der Waals surface area contributed by atoms with Gasteiger partial charge in [0.1, 0.15) is 6.67 Å². The number of halogens is 5. The van der Waals surface area contributed by atoms with E-state index in [0.717, 1.165) is 7.11 Å². The van der Waals surface area contributed by atoms with Crippen LogP contribution in [0.25, 0.3) is 0 Å². The summed E-state index contributed by atoms with van der Waals surface area (Å²) in [4.78, 5) is 29.4. The molecule has 3 rings (SSSR count). The van der Waals surface area contributed by atoms with E-state index in [0.29, 0.717) is 0 Å². The minimum atomic E-state index is -2.15. The molecule has 2 aromatic rings. The molecule has 1 atom stereocenters. The number of nitrogens with two attached hydrogens (primary N) is 1. The van der Waals surface area contributed by atoms with Gasteiger partial charge in [-0.3, -0.25) is 0 Å². The first kappa shape index (κ1) is 28.4. The van der Waals surface area contributed by atoms with Gasteiger partial charge in [0.15, 0.2) is 23.3 Å². The fourth-order valence-corrected chi connectivity index (χ4v) is 3.73. The summed E-state index contributed by atoms with van der Waals surface area (Å²) in [5.74, 6) is -11.8. The molecule has 38 heavy (non-hydrogen) atoms. The van der Waals surface area contributed by atoms with Gasteiger partial charge in [0.05, 0.1) is 55.4 Å². The molecule has 5 N–H and O–H groups in total. The van der Waals surface area contributed by atoms with Crippen molar-refractivity contribution < 1.29 is 45.8 Å². The van der Waals surface area contributed by atoms with Crippen LogP contribution in [-0.4, -0.2) is 67.3 Å². The molecule has 206 valence electrons. The zero-order valence-corrected chi connectivity index (χ0v) is 20.1. The van der Waals surface area contributed by atoms with Crippen molar-refractivity contribution in [2.24, 2.45) is 0 Å². The van der Waals surface area contributed by atoms with Gasteiger partial charge in [-0.2, -0.15) is 4.98 Å². The maximum Gasteiger partial charge on any atom is 0.336 e. The van der Waals surface area contributed by atoms with E-state index in [4.69, 9.17) is 15.2 Å². The number of rotatable bonds is 11. The average molecular weight is 546 g/mol. The van der Waals surface area contributed by atoms with Crippen LogP contribution in [0.3, 0.4) is 0 Å². The van der Waals surface area contributed by atoms with Crippen LogP contribution < -0.4 is 16.4 Å². The third-order valence-corrected chi connectivity index (χ3v) is 5.28. The van der Waals surface area contributed by atoms with E-state index in [9.17, 15) is 31.5 Å². The number of carbonyl (C=O) groups excluding carboxylic acids is 2. The number of nitrogens with zero attached hydrogens (tertiary/aromatic N) is 2. The summed E-state index contributed by atoms with van der Waals surface area (Å²) in [6.45, 7) is -0.634. The fourth-order valence-electron chi connectivity index (χ4n) is 3.73. The Balaban J connectivity index is 2.07. The van der Waals surface area contributed by atoms with Crippen LogP contribution in [0, 0.1) is 23.3 Å². The minimum Gasteiger partial charge on any atom is -0.466 e. The van der Waals surface area contributed by atoms with Gasteiger partial charge in [-0.15, -0.1) is 5.10 Å². The van der Waals surface area contributed by atoms with E-state index < -0.39 is 76.8 Å². The highest BCUT2D eigenvalue weighted by molar-refractivity contribution is 6.00. The molecule has 1 aromatic carbocycles. The summed E-state index contributed by atoms with van der Waals surface area (Å²) >= 11 is 0. The number of H-pyrrole nitrogens is 1. The predicted octanol–water partition coefficient (Wildman–Crippen LogP) is 1.97. The molecule has 0 spiro atoms. The second kappa shape index (κ2) is 12.4. The monoisotopic (exact) mass is 546 g/mol. The molecule has 1 aliphatic heterocycles. The average Bonchev–Trinajstić information content (AvgIpc) is 3.31. The van der Waals surface area contributed by atoms with E-state index in [2.05, 4.69) is 30.6 Å². The molecule has 0 saturated carbocycles. The zero-order valence-electron chi connectivity index (χ0n) is 20.1. The van der Waals surface area contributed by atoms with Crippen LogP contribution >= 0.6 is 0 Å². The van der Waals surface area contributed by atoms with Gasteiger partial charge in [-0.25, -0.2) is 36.6 Å². The van der Waals surface area contributed by atoms with Crippen molar-refractivity contribution >= 4 is 23.8 Å². The van der Waals surface area contributed by atoms with E-state index in [-0.39, 0.29) is 43.4 Å². The summed E-state index contributed by atoms with van der Waals surface area (Å²) < 4.78 is 87.4. The number of hydrogen-bond acceptors (Lipinski definition) is 10. The first-order valence-corrected chi connectivity index (χ1v) is 11.0. The lowest BCUT2D eigenvalue weighted by Crippen LogP contribution is -2.37. The topological polar surface area (TPSA) is 153 Å². The minimum absolute atomic E-state index is 0.0422. The van der Waals surface area contributed by atoms with Crippen molar-refractivity contribution in [3.05, 3.63) is 57.4 Å². The third kappa shape index (κ3) is 5.85. The lowest BCUT2D eigenvalue weighted by atomic mass is 9.79. The van der Waals surface area contributed by atoms with Gasteiger partial charge >= 0.3 is 11.9 Å². The van der Waals surface area contributed by atoms with Crippen molar-refractivity contribution in [1.82, 2.24) is 20.5 Å². The normalized spacial score (nSPS) is 15.4. The summed E-state index contributed by atoms with van der Waals surface area (Å²) in [5, 5.41) is 11.4. The number of hydrogen-bond donors (Lipinski definition) is 4. The van der Waals surface area contributed by atoms with Crippen LogP contribution in [0.15, 0.2) is 28.6 Å². The number of esters is 2. The number of nitrogens with one attached hydrogen (secondary N) is 3. The molecule has 1 aliphatic rings. The van der Waals surface area contributed by atoms with Gasteiger partial charge in [0.2, 0.25) is 11.9 Å². The highest BCUT2D eigenvalue weighted by Crippen LogP contribution is 2.42. The predicted molar refractivity (Wildman–Crippen MR) is 121 cm³/mol. The first-order valence-electron chi connectivity index (χ1n) is 11.0. The molecule has 11 nitrogen and oxygen atoms in total. The Hall–Kier alpha value is -4.21. The molecule has 0 aliphatic carbocycles. The van der Waals surface area contributed by atoms with E-state index in [1.807, 2.05) is 0 Å². The van der Waals surface area contributed by atoms with Crippen LogP contribution in [0.2, 0.25) is 0 Å². The number of methoxy groups -OCH3 is 1. The Labute approximate surface area is 212 Å². The van der Waals surface area contributed by atoms with Crippen molar-refractivity contribution in [2.75, 3.05) is 51.2 Å². The molecule has 0 amide bonds. The number of alkyl halides is 1. The Bertz CT molecular complexity index is 1260. The number of aromatic nitrogens is 3. The van der Waals surface area contributed by atoms with Crippen LogP contribution in [0.5, 0.6) is 0 Å². The van der Waals surface area contributed by atoms with Crippen LogP contribution in [0.4, 0.5) is 33.8 Å². The number of nitrogen functional groups attached to an aromatic ring is 1. The Morgan fingerprint density at radius 1 is 1.11 bits per heavy atom. The number of dihydropyridines is 1. The van der Waals surface area contributed by atoms with Gasteiger partial charge in [0, 0.05) is 18.2 Å². The SMILES string of the molecule is CCOC(=O)C1=C(COCCNc2n[nH]c(N)n2)NC(CF)=C(C(=O)OC)C1c1c(F)c(F)cc(F)c1F. The van der Waals surface area contributed by atoms with Crippen LogP contribution in [-0.2, 0) is 23.8 Å². The molecular formula is C22H23F5N6O5. The highest BCUT2D eigenvalue weighted by atomic mass is 19.2. The van der Waals surface area contributed by atoms with Crippen molar-refractivity contribution in [2.45, 2.75) is 12.8 Å². The van der Waals surface area contributed by atoms with Gasteiger partial charge < -0.3 is 30.6 Å². The molecule has 0 saturated heterocycles. The number of aromatic amines is 1. The number of benzene rings is 1. The van der Waals surface area contributed by atoms with E-state index >= 15 is 0 Å². The maximum atomic E-state index is 15.0. The fraction of sp³-hybridized carbons (Fsp3) is 0.364. The standard InChI is InChI=1S/C22H23F5N6O5/c1-3-38-20(35)14-12(8-37-5-4-29-22-31-21(28)32-33-22)30-11(7-23)13(19(34)36-2)15(14)16-17(26)9(24)6-10(25)18(16)27/h6,15,30H,3-5,7-8H2,1-2H3,(H4,28,29,31,32,33). The quantitative estimate of drug-likeness (QED) is 0.142. The van der Waals surface area contributed by atoms with Crippen molar-refractivity contribution in [1.29, 1.82) is 0 Å². The second-order valence-electron chi connectivity index (χ2n) is 7.59. The smallest absolute Gasteiger partial charge is 0.336 e. The second-order valence-corrected chi connectivity index (χ2v) is 7.59. The molecular weight excluding hydrogens is 523 g/mol. The molecule has 16 heteroatoms. The van der Waals surface area contributed by atoms with Gasteiger partial charge in [-0.05, 0) is 6.92 Å². The largest absolute Gasteiger partial charge is 0.466 e. The lowest BCUT2D eigenvalue weighted by Gasteiger charge is -2.32. The Morgan fingerprint density at radius 2 is 1.76 bits per heavy atom. The third-order valence-electron chi connectivity index (χ3n) is 5.28. The Kier molecular flexibility index (Phi) is 9.22. The molecule has 1 unspecified atom stereocenters. The zero-order chi connectivity index (χ0) is 28.0. The number of ether oxygens (including phenoxy) is 3. The number of anilines is 2. The van der Waals surface area contributed by atoms with E-state index in [1.54, 1.807) is 0 Å². The molecule has 2 heterocycles. The molecule has 1 aromatic heterocycles. The van der Waals surface area contributed by atoms with Crippen LogP contribution in [0.1, 0.15) is 18.4 Å². The highest BCUT2D eigenvalue weighted by Gasteiger charge is 2.43. The van der Waals surface area contributed by atoms with Crippen molar-refractivity contribution in [3.63, 3.8) is 0 Å². The van der Waals surface area contributed by atoms with Gasteiger partial charge in [0.25, 0.3) is 0 Å². The molecule has 0 bridgehead atoms. The van der Waals surface area contributed by atoms with Gasteiger partial charge in [-0.1, -0.05) is 0 Å². The van der Waals surface area contributed by atoms with E-state index in [1.165, 1.54) is 6.92 Å².